The molecular weight excluding hydrogens is 366 g/mol. The van der Waals surface area contributed by atoms with Crippen molar-refractivity contribution in [2.24, 2.45) is 28.6 Å². The van der Waals surface area contributed by atoms with Crippen molar-refractivity contribution in [3.05, 3.63) is 23.8 Å². The summed E-state index contributed by atoms with van der Waals surface area (Å²) in [6, 6.07) is 5.51. The van der Waals surface area contributed by atoms with Crippen molar-refractivity contribution >= 4 is 5.91 Å². The minimum Gasteiger partial charge on any atom is -0.508 e. The number of aromatic hydroxyl groups is 1. The summed E-state index contributed by atoms with van der Waals surface area (Å²) in [4.78, 5) is 12.7. The van der Waals surface area contributed by atoms with E-state index in [9.17, 15) is 9.90 Å². The van der Waals surface area contributed by atoms with Gasteiger partial charge in [-0.15, -0.1) is 0 Å². The maximum atomic E-state index is 12.7. The third-order valence-corrected chi connectivity index (χ3v) is 7.95. The molecule has 2 saturated carbocycles. The fourth-order valence-electron chi connectivity index (χ4n) is 6.57. The van der Waals surface area contributed by atoms with Gasteiger partial charge in [0.25, 0.3) is 0 Å². The summed E-state index contributed by atoms with van der Waals surface area (Å²) >= 11 is 0. The molecule has 1 amide bonds. The molecule has 1 saturated heterocycles. The number of nitrogens with one attached hydrogen (secondary N) is 1. The monoisotopic (exact) mass is 401 g/mol. The zero-order valence-corrected chi connectivity index (χ0v) is 18.3. The van der Waals surface area contributed by atoms with Crippen LogP contribution >= 0.6 is 0 Å². The maximum Gasteiger partial charge on any atom is 0.220 e. The van der Waals surface area contributed by atoms with Gasteiger partial charge in [0.2, 0.25) is 5.91 Å². The number of phenolic OH excluding ortho intramolecular Hbond substituents is 1. The normalized spacial score (nSPS) is 34.8. The van der Waals surface area contributed by atoms with Crippen molar-refractivity contribution in [2.45, 2.75) is 65.5 Å². The zero-order chi connectivity index (χ0) is 21.0. The highest BCUT2D eigenvalue weighted by molar-refractivity contribution is 5.76. The van der Waals surface area contributed by atoms with Crippen LogP contribution in [-0.4, -0.2) is 30.8 Å². The first-order valence-corrected chi connectivity index (χ1v) is 11.0. The number of methoxy groups -OCH3 is 1. The predicted octanol–water partition coefficient (Wildman–Crippen LogP) is 4.45. The van der Waals surface area contributed by atoms with E-state index in [1.54, 1.807) is 19.2 Å². The average Bonchev–Trinajstić information content (AvgIpc) is 3.14. The van der Waals surface area contributed by atoms with Crippen molar-refractivity contribution in [3.63, 3.8) is 0 Å². The van der Waals surface area contributed by atoms with E-state index < -0.39 is 0 Å². The molecule has 160 valence electrons. The van der Waals surface area contributed by atoms with E-state index >= 15 is 0 Å². The van der Waals surface area contributed by atoms with Crippen LogP contribution in [0.3, 0.4) is 0 Å². The summed E-state index contributed by atoms with van der Waals surface area (Å²) in [7, 11) is 1.64. The first-order valence-electron chi connectivity index (χ1n) is 11.0. The Hall–Kier alpha value is -1.75. The van der Waals surface area contributed by atoms with E-state index in [1.165, 1.54) is 0 Å². The Bertz CT molecular complexity index is 789. The van der Waals surface area contributed by atoms with Crippen LogP contribution in [0.1, 0.15) is 65.0 Å². The number of fused-ring (bicyclic) bond motifs is 1. The minimum absolute atomic E-state index is 0.0270. The molecule has 2 N–H and O–H groups in total. The van der Waals surface area contributed by atoms with Gasteiger partial charge in [0.15, 0.2) is 0 Å². The average molecular weight is 402 g/mol. The van der Waals surface area contributed by atoms with Gasteiger partial charge in [0, 0.05) is 24.6 Å². The van der Waals surface area contributed by atoms with Crippen LogP contribution in [0.15, 0.2) is 18.2 Å². The van der Waals surface area contributed by atoms with Gasteiger partial charge in [0.05, 0.1) is 13.2 Å². The number of carbonyl (C=O) groups excluding carboxylic acids is 1. The summed E-state index contributed by atoms with van der Waals surface area (Å²) in [6.45, 7) is 9.45. The second-order valence-electron chi connectivity index (χ2n) is 10.4. The molecule has 1 aromatic rings. The molecule has 1 heterocycles. The summed E-state index contributed by atoms with van der Waals surface area (Å²) in [5, 5.41) is 14.0. The molecule has 0 radical (unpaired) electrons. The second kappa shape index (κ2) is 7.19. The number of carbonyl (C=O) groups is 1. The van der Waals surface area contributed by atoms with Crippen LogP contribution in [0.4, 0.5) is 0 Å². The topological polar surface area (TPSA) is 67.8 Å². The molecule has 3 aliphatic rings. The van der Waals surface area contributed by atoms with Gasteiger partial charge in [-0.1, -0.05) is 27.7 Å². The molecule has 0 aromatic heterocycles. The lowest BCUT2D eigenvalue weighted by atomic mass is 9.58. The zero-order valence-electron chi connectivity index (χ0n) is 18.3. The molecule has 4 rings (SSSR count). The van der Waals surface area contributed by atoms with Crippen LogP contribution in [0.5, 0.6) is 11.5 Å². The highest BCUT2D eigenvalue weighted by Gasteiger charge is 2.68. The van der Waals surface area contributed by atoms with Crippen LogP contribution in [0.2, 0.25) is 0 Å². The van der Waals surface area contributed by atoms with Crippen molar-refractivity contribution < 1.29 is 19.4 Å². The lowest BCUT2D eigenvalue weighted by molar-refractivity contribution is -0.138. The van der Waals surface area contributed by atoms with Gasteiger partial charge < -0.3 is 19.9 Å². The van der Waals surface area contributed by atoms with Gasteiger partial charge in [-0.25, -0.2) is 0 Å². The lowest BCUT2D eigenvalue weighted by Gasteiger charge is -2.53. The van der Waals surface area contributed by atoms with Crippen molar-refractivity contribution in [1.29, 1.82) is 0 Å². The van der Waals surface area contributed by atoms with Gasteiger partial charge in [-0.3, -0.25) is 4.79 Å². The van der Waals surface area contributed by atoms with Gasteiger partial charge in [0.1, 0.15) is 11.5 Å². The molecule has 1 unspecified atom stereocenters. The molecule has 2 bridgehead atoms. The molecule has 1 spiro atoms. The molecule has 5 atom stereocenters. The highest BCUT2D eigenvalue weighted by atomic mass is 16.5. The van der Waals surface area contributed by atoms with Gasteiger partial charge in [-0.2, -0.15) is 0 Å². The standard InChI is InChI=1S/C24H35NO4/c1-14(2)10-20(27)25-22-23(3,4)15-11-18-21(29-9-8-24(18,22)13-15)17-12-16(28-5)6-7-19(17)26/h6-7,12,14-15,18,21-22,26H,8-11,13H2,1-5H3,(H,25,27)/t15-,18-,21-,22+,24?/m1/s1. The summed E-state index contributed by atoms with van der Waals surface area (Å²) in [6.07, 6.45) is 3.57. The number of hydrogen-bond acceptors (Lipinski definition) is 4. The Morgan fingerprint density at radius 2 is 2.14 bits per heavy atom. The third-order valence-electron chi connectivity index (χ3n) is 7.95. The summed E-state index contributed by atoms with van der Waals surface area (Å²) in [5.41, 5.74) is 0.909. The molecule has 5 heteroatoms. The Morgan fingerprint density at radius 3 is 2.83 bits per heavy atom. The predicted molar refractivity (Wildman–Crippen MR) is 112 cm³/mol. The molecule has 3 fully saturated rings. The Kier molecular flexibility index (Phi) is 5.09. The highest BCUT2D eigenvalue weighted by Crippen LogP contribution is 2.70. The van der Waals surface area contributed by atoms with Crippen molar-refractivity contribution in [3.8, 4) is 11.5 Å². The maximum absolute atomic E-state index is 12.7. The minimum atomic E-state index is -0.163. The number of ether oxygens (including phenoxy) is 2. The molecule has 1 aromatic carbocycles. The third kappa shape index (κ3) is 3.22. The first-order chi connectivity index (χ1) is 13.7. The van der Waals surface area contributed by atoms with E-state index in [1.807, 2.05) is 6.07 Å². The SMILES string of the molecule is COc1ccc(O)c([C@H]2OCCC34C[C@@H](C[C@H]23)C(C)(C)[C@@H]4NC(=O)CC(C)C)c1. The number of benzene rings is 1. The first kappa shape index (κ1) is 20.5. The summed E-state index contributed by atoms with van der Waals surface area (Å²) < 4.78 is 11.7. The quantitative estimate of drug-likeness (QED) is 0.765. The summed E-state index contributed by atoms with van der Waals surface area (Å²) in [5.74, 6) is 2.33. The number of amides is 1. The van der Waals surface area contributed by atoms with Crippen molar-refractivity contribution in [2.75, 3.05) is 13.7 Å². The Labute approximate surface area is 174 Å². The molecule has 5 nitrogen and oxygen atoms in total. The second-order valence-corrected chi connectivity index (χ2v) is 10.4. The van der Waals surface area contributed by atoms with Crippen LogP contribution in [0.25, 0.3) is 0 Å². The van der Waals surface area contributed by atoms with E-state index in [2.05, 4.69) is 33.0 Å². The van der Waals surface area contributed by atoms with Gasteiger partial charge in [-0.05, 0) is 66.0 Å². The smallest absolute Gasteiger partial charge is 0.220 e. The number of phenols is 1. The molecular formula is C24H35NO4. The molecule has 2 aliphatic carbocycles. The van der Waals surface area contributed by atoms with E-state index in [4.69, 9.17) is 9.47 Å². The van der Waals surface area contributed by atoms with Crippen molar-refractivity contribution in [1.82, 2.24) is 5.32 Å². The Morgan fingerprint density at radius 1 is 1.38 bits per heavy atom. The Balaban J connectivity index is 1.67. The van der Waals surface area contributed by atoms with E-state index in [-0.39, 0.29) is 40.6 Å². The fourth-order valence-corrected chi connectivity index (χ4v) is 6.57. The van der Waals surface area contributed by atoms with E-state index in [0.717, 1.165) is 30.6 Å². The molecule has 29 heavy (non-hydrogen) atoms. The fraction of sp³-hybridized carbons (Fsp3) is 0.708. The van der Waals surface area contributed by atoms with Crippen LogP contribution in [-0.2, 0) is 9.53 Å². The largest absolute Gasteiger partial charge is 0.508 e. The lowest BCUT2D eigenvalue weighted by Crippen LogP contribution is -2.59. The molecule has 1 aliphatic heterocycles. The number of rotatable bonds is 5. The van der Waals surface area contributed by atoms with Crippen LogP contribution in [0, 0.1) is 28.6 Å². The van der Waals surface area contributed by atoms with E-state index in [0.29, 0.717) is 24.9 Å². The van der Waals surface area contributed by atoms with Gasteiger partial charge >= 0.3 is 0 Å². The number of hydrogen-bond donors (Lipinski definition) is 2. The van der Waals surface area contributed by atoms with Crippen LogP contribution < -0.4 is 10.1 Å².